The van der Waals surface area contributed by atoms with E-state index in [-0.39, 0.29) is 184 Å². The zero-order valence-electron chi connectivity index (χ0n) is 55.3. The monoisotopic (exact) mass is 1320 g/mol. The molecule has 5 unspecified atom stereocenters. The van der Waals surface area contributed by atoms with Crippen LogP contribution in [0.2, 0.25) is 0 Å². The second-order valence-electron chi connectivity index (χ2n) is 22.6. The van der Waals surface area contributed by atoms with Crippen LogP contribution in [-0.4, -0.2) is 204 Å². The van der Waals surface area contributed by atoms with E-state index in [1.54, 1.807) is 26.0 Å². The minimum absolute atomic E-state index is 0.00869. The summed E-state index contributed by atoms with van der Waals surface area (Å²) in [6.07, 6.45) is 5.80. The third kappa shape index (κ3) is 41.6. The summed E-state index contributed by atoms with van der Waals surface area (Å²) in [7, 11) is 1.54. The normalized spacial score (nSPS) is 13.2. The van der Waals surface area contributed by atoms with E-state index in [0.29, 0.717) is 69.3 Å². The van der Waals surface area contributed by atoms with Crippen molar-refractivity contribution in [3.63, 3.8) is 0 Å². The van der Waals surface area contributed by atoms with Crippen molar-refractivity contribution in [2.24, 2.45) is 33.8 Å². The average molecular weight is 1320 g/mol. The fraction of sp³-hybridized carbons (Fsp3) is 0.692. The molecule has 5 atom stereocenters. The van der Waals surface area contributed by atoms with Gasteiger partial charge in [0, 0.05) is 103 Å². The number of carboxylic acid groups (broad SMARTS) is 1. The van der Waals surface area contributed by atoms with Crippen LogP contribution in [0.15, 0.2) is 40.4 Å². The van der Waals surface area contributed by atoms with Crippen molar-refractivity contribution in [2.45, 2.75) is 162 Å². The van der Waals surface area contributed by atoms with Gasteiger partial charge in [-0.15, -0.1) is 0 Å². The molecule has 0 aliphatic heterocycles. The number of ketones is 4. The molecule has 27 heteroatoms. The van der Waals surface area contributed by atoms with Crippen LogP contribution in [-0.2, 0) is 82.9 Å². The van der Waals surface area contributed by atoms with Gasteiger partial charge in [-0.1, -0.05) is 57.5 Å². The fourth-order valence-corrected chi connectivity index (χ4v) is 9.56. The number of carbonyl (C=O) groups is 12. The number of hydrogen-bond donors (Lipinski definition) is 8. The van der Waals surface area contributed by atoms with Crippen molar-refractivity contribution in [1.82, 2.24) is 37.3 Å². The Labute approximate surface area is 547 Å². The van der Waals surface area contributed by atoms with Gasteiger partial charge in [-0.3, -0.25) is 57.7 Å². The molecule has 1 aromatic rings. The Morgan fingerprint density at radius 1 is 0.620 bits per heavy atom. The Morgan fingerprint density at radius 2 is 1.20 bits per heavy atom. The highest BCUT2D eigenvalue weighted by Crippen LogP contribution is 2.21. The Balaban J connectivity index is 2.96. The van der Waals surface area contributed by atoms with E-state index in [4.69, 9.17) is 18.9 Å². The SMILES string of the molecule is CCC(=O)CN/N=C(\C)C(=O)NCCOCCOCCC(=O)NCCCCC(NC(=O)C(CC(=O)C(CC(C)C)NC(=O)C(CC=O)CCSC)Cc1ccccc1)C(=O)CC(CCCCNC(=O)CCOCCOCCCC(=O)C(C)=NCCC(=O)NC)C(=O)O. The van der Waals surface area contributed by atoms with Crippen molar-refractivity contribution in [3.8, 4) is 0 Å². The summed E-state index contributed by atoms with van der Waals surface area (Å²) in [5.41, 5.74) is 3.83. The van der Waals surface area contributed by atoms with Crippen molar-refractivity contribution in [1.29, 1.82) is 0 Å². The summed E-state index contributed by atoms with van der Waals surface area (Å²) in [5, 5.41) is 30.8. The van der Waals surface area contributed by atoms with Gasteiger partial charge in [0.15, 0.2) is 23.1 Å². The van der Waals surface area contributed by atoms with Gasteiger partial charge in [0.1, 0.15) is 12.0 Å². The topological polar surface area (TPSA) is 371 Å². The van der Waals surface area contributed by atoms with E-state index in [0.717, 1.165) is 5.56 Å². The van der Waals surface area contributed by atoms with Crippen molar-refractivity contribution >= 4 is 94.0 Å². The highest BCUT2D eigenvalue weighted by Gasteiger charge is 2.33. The van der Waals surface area contributed by atoms with Crippen LogP contribution in [0.25, 0.3) is 0 Å². The zero-order chi connectivity index (χ0) is 68.3. The quantitative estimate of drug-likeness (QED) is 0.0199. The average Bonchev–Trinajstić information content (AvgIpc) is 1.17. The number of aldehydes is 1. The number of hydrazone groups is 1. The Bertz CT molecular complexity index is 2470. The predicted octanol–water partition coefficient (Wildman–Crippen LogP) is 3.87. The molecule has 8 N–H and O–H groups in total. The van der Waals surface area contributed by atoms with E-state index >= 15 is 0 Å². The van der Waals surface area contributed by atoms with Gasteiger partial charge in [0.25, 0.3) is 5.91 Å². The van der Waals surface area contributed by atoms with Crippen molar-refractivity contribution < 1.29 is 81.6 Å². The number of hydrogen-bond acceptors (Lipinski definition) is 20. The first kappa shape index (κ1) is 83.2. The van der Waals surface area contributed by atoms with Gasteiger partial charge >= 0.3 is 5.97 Å². The molecule has 0 heterocycles. The van der Waals surface area contributed by atoms with E-state index in [1.165, 1.54) is 25.7 Å². The van der Waals surface area contributed by atoms with Crippen LogP contribution in [0, 0.1) is 23.7 Å². The molecule has 0 aromatic heterocycles. The van der Waals surface area contributed by atoms with Gasteiger partial charge in [0.05, 0.1) is 76.5 Å². The largest absolute Gasteiger partial charge is 0.481 e. The van der Waals surface area contributed by atoms with E-state index in [2.05, 4.69) is 47.4 Å². The smallest absolute Gasteiger partial charge is 0.306 e. The second-order valence-corrected chi connectivity index (χ2v) is 23.6. The van der Waals surface area contributed by atoms with Gasteiger partial charge in [-0.25, -0.2) is 0 Å². The number of Topliss-reactive ketones (excluding diaryl/α,β-unsaturated/α-hetero) is 4. The molecule has 0 aliphatic rings. The molecule has 0 bridgehead atoms. The number of aliphatic imine (C=N–C) groups is 1. The molecular formula is C65H105N9O17S. The number of nitrogens with zero attached hydrogens (tertiary/aromatic N) is 2. The number of rotatable bonds is 58. The first-order valence-electron chi connectivity index (χ1n) is 32.2. The van der Waals surface area contributed by atoms with Crippen LogP contribution >= 0.6 is 11.8 Å². The molecule has 0 saturated carbocycles. The van der Waals surface area contributed by atoms with Crippen molar-refractivity contribution in [2.75, 3.05) is 105 Å². The number of ether oxygens (including phenoxy) is 4. The van der Waals surface area contributed by atoms with Gasteiger partial charge in [-0.05, 0) is 95.1 Å². The third-order valence-corrected chi connectivity index (χ3v) is 15.2. The van der Waals surface area contributed by atoms with Crippen LogP contribution in [0.5, 0.6) is 0 Å². The highest BCUT2D eigenvalue weighted by molar-refractivity contribution is 7.98. The number of nitrogens with one attached hydrogen (secondary N) is 7. The molecular weight excluding hydrogens is 1210 g/mol. The van der Waals surface area contributed by atoms with Gasteiger partial charge in [0.2, 0.25) is 29.5 Å². The number of amides is 6. The first-order chi connectivity index (χ1) is 44.1. The number of carbonyl (C=O) groups excluding carboxylic acids is 11. The van der Waals surface area contributed by atoms with Crippen LogP contribution in [0.3, 0.4) is 0 Å². The van der Waals surface area contributed by atoms with Crippen LogP contribution in [0.1, 0.15) is 149 Å². The molecule has 0 saturated heterocycles. The summed E-state index contributed by atoms with van der Waals surface area (Å²) in [6, 6.07) is 6.90. The van der Waals surface area contributed by atoms with Gasteiger partial charge < -0.3 is 66.2 Å². The molecule has 6 amide bonds. The maximum Gasteiger partial charge on any atom is 0.306 e. The number of benzene rings is 1. The molecule has 0 spiro atoms. The van der Waals surface area contributed by atoms with E-state index in [1.807, 2.05) is 38.3 Å². The second kappa shape index (κ2) is 52.7. The molecule has 0 aliphatic carbocycles. The Hall–Kier alpha value is -6.81. The lowest BCUT2D eigenvalue weighted by molar-refractivity contribution is -0.144. The lowest BCUT2D eigenvalue weighted by atomic mass is 9.87. The zero-order valence-corrected chi connectivity index (χ0v) is 56.2. The third-order valence-electron chi connectivity index (χ3n) is 14.6. The number of unbranched alkanes of at least 4 members (excludes halogenated alkanes) is 2. The molecule has 26 nitrogen and oxygen atoms in total. The molecule has 1 rings (SSSR count). The molecule has 92 heavy (non-hydrogen) atoms. The Kier molecular flexibility index (Phi) is 47.6. The summed E-state index contributed by atoms with van der Waals surface area (Å²) < 4.78 is 22.1. The summed E-state index contributed by atoms with van der Waals surface area (Å²) in [5.74, 6) is -6.59. The highest BCUT2D eigenvalue weighted by atomic mass is 32.2. The maximum atomic E-state index is 14.6. The summed E-state index contributed by atoms with van der Waals surface area (Å²) in [4.78, 5) is 158. The lowest BCUT2D eigenvalue weighted by Gasteiger charge is -2.26. The summed E-state index contributed by atoms with van der Waals surface area (Å²) >= 11 is 1.53. The van der Waals surface area contributed by atoms with Crippen LogP contribution in [0.4, 0.5) is 0 Å². The van der Waals surface area contributed by atoms with Crippen LogP contribution < -0.4 is 37.3 Å². The lowest BCUT2D eigenvalue weighted by Crippen LogP contribution is -2.48. The number of aliphatic carboxylic acids is 1. The van der Waals surface area contributed by atoms with Crippen molar-refractivity contribution in [3.05, 3.63) is 35.9 Å². The molecule has 518 valence electrons. The minimum Gasteiger partial charge on any atom is -0.481 e. The van der Waals surface area contributed by atoms with Gasteiger partial charge in [-0.2, -0.15) is 16.9 Å². The molecule has 0 radical (unpaired) electrons. The fourth-order valence-electron chi connectivity index (χ4n) is 9.04. The predicted molar refractivity (Wildman–Crippen MR) is 351 cm³/mol. The molecule has 1 aromatic carbocycles. The Morgan fingerprint density at radius 3 is 1.78 bits per heavy atom. The first-order valence-corrected chi connectivity index (χ1v) is 33.6. The maximum absolute atomic E-state index is 14.6. The minimum atomic E-state index is -1.21. The van der Waals surface area contributed by atoms with E-state index < -0.39 is 71.5 Å². The number of thioether (sulfide) groups is 1. The molecule has 0 fully saturated rings. The number of carboxylic acids is 1. The van der Waals surface area contributed by atoms with E-state index in [9.17, 15) is 62.6 Å². The standard InChI is InChI=1S/C65H105N9O17S/c1-8-53(76)45-71-74-48(5)62(83)70-30-35-91-39-38-90-34-25-61(82)69-28-15-13-20-54(72-64(85)52(42-49-17-10-9-11-18-49)44-58(79)55(41-46(2)3)73-63(84)50(23-31-75)26-40-92-7)57(78)43-51(65(86)87)19-12-14-27-68-60(81)24-33-89-37-36-88-32-16-21-56(77)47(4)67-29-22-59(80)66-6/h9-11,17-18,31,46,50-52,54-55,71H,8,12-16,19-30,32-45H2,1-7H3,(H,66,80)(H,68,81)(H,69,82)(H,70,83)(H,72,85)(H,73,84)(H,86,87)/b67-47?,74-48+. The summed E-state index contributed by atoms with van der Waals surface area (Å²) in [6.45, 7) is 11.3.